The molecule has 4 nitrogen and oxygen atoms in total. The number of para-hydroxylation sites is 1. The van der Waals surface area contributed by atoms with E-state index in [2.05, 4.69) is 52.7 Å². The summed E-state index contributed by atoms with van der Waals surface area (Å²) in [5.74, 6) is 2.61. The molecule has 4 heteroatoms. The Bertz CT molecular complexity index is 1190. The molecule has 4 aromatic rings. The third-order valence-electron chi connectivity index (χ3n) is 5.48. The second kappa shape index (κ2) is 9.02. The van der Waals surface area contributed by atoms with Crippen molar-refractivity contribution in [3.05, 3.63) is 103 Å². The van der Waals surface area contributed by atoms with Gasteiger partial charge in [-0.25, -0.2) is 4.99 Å². The van der Waals surface area contributed by atoms with Crippen molar-refractivity contribution in [3.8, 4) is 11.5 Å². The molecule has 5 rings (SSSR count). The molecule has 0 saturated carbocycles. The third-order valence-corrected chi connectivity index (χ3v) is 5.48. The fraction of sp³-hybridized carbons (Fsp3) is 0.148. The average molecular weight is 408 g/mol. The van der Waals surface area contributed by atoms with Gasteiger partial charge in [0.25, 0.3) is 0 Å². The highest BCUT2D eigenvalue weighted by atomic mass is 16.5. The molecule has 1 heterocycles. The minimum atomic E-state index is 0.782. The average Bonchev–Trinajstić information content (AvgIpc) is 2.84. The Hall–Kier alpha value is -3.63. The number of fused-ring (bicyclic) bond motifs is 1. The first-order valence-electron chi connectivity index (χ1n) is 10.7. The van der Waals surface area contributed by atoms with Crippen molar-refractivity contribution in [1.29, 1.82) is 0 Å². The van der Waals surface area contributed by atoms with E-state index >= 15 is 0 Å². The Morgan fingerprint density at radius 3 is 2.32 bits per heavy atom. The van der Waals surface area contributed by atoms with Gasteiger partial charge >= 0.3 is 0 Å². The predicted octanol–water partition coefficient (Wildman–Crippen LogP) is 5.62. The highest BCUT2D eigenvalue weighted by Gasteiger charge is 2.18. The summed E-state index contributed by atoms with van der Waals surface area (Å²) in [6.07, 6.45) is 0. The molecular weight excluding hydrogens is 382 g/mol. The molecule has 1 N–H and O–H groups in total. The minimum absolute atomic E-state index is 0.782. The van der Waals surface area contributed by atoms with Crippen LogP contribution in [0.3, 0.4) is 0 Å². The molecule has 1 aliphatic heterocycles. The number of nitrogens with one attached hydrogen (secondary N) is 1. The number of hydrogen-bond donors (Lipinski definition) is 1. The lowest BCUT2D eigenvalue weighted by Crippen LogP contribution is -2.46. The number of hydrogen-bond acceptors (Lipinski definition) is 3. The molecule has 0 amide bonds. The number of aliphatic imine (C=N–C) groups is 1. The molecule has 0 radical (unpaired) electrons. The largest absolute Gasteiger partial charge is 0.457 e. The maximum Gasteiger partial charge on any atom is 0.137 e. The van der Waals surface area contributed by atoms with Crippen LogP contribution in [0.4, 0.5) is 5.69 Å². The van der Waals surface area contributed by atoms with Crippen molar-refractivity contribution >= 4 is 22.3 Å². The molecule has 1 aliphatic rings. The van der Waals surface area contributed by atoms with Crippen LogP contribution in [0.5, 0.6) is 11.5 Å². The number of benzene rings is 4. The van der Waals surface area contributed by atoms with Gasteiger partial charge in [-0.3, -0.25) is 0 Å². The third kappa shape index (κ3) is 4.44. The number of rotatable bonds is 4. The zero-order valence-electron chi connectivity index (χ0n) is 17.4. The van der Waals surface area contributed by atoms with E-state index in [0.29, 0.717) is 0 Å². The zero-order chi connectivity index (χ0) is 20.9. The van der Waals surface area contributed by atoms with Crippen LogP contribution in [-0.2, 0) is 0 Å². The Labute approximate surface area is 182 Å². The van der Waals surface area contributed by atoms with Crippen molar-refractivity contribution in [2.75, 3.05) is 26.2 Å². The summed E-state index contributed by atoms with van der Waals surface area (Å²) in [6, 6.07) is 32.8. The van der Waals surface area contributed by atoms with Gasteiger partial charge < -0.3 is 15.0 Å². The zero-order valence-corrected chi connectivity index (χ0v) is 17.4. The van der Waals surface area contributed by atoms with Gasteiger partial charge in [-0.15, -0.1) is 0 Å². The second-order valence-corrected chi connectivity index (χ2v) is 7.61. The van der Waals surface area contributed by atoms with E-state index in [4.69, 9.17) is 9.73 Å². The molecule has 154 valence electrons. The summed E-state index contributed by atoms with van der Waals surface area (Å²) in [7, 11) is 0. The van der Waals surface area contributed by atoms with Crippen LogP contribution in [0.1, 0.15) is 5.56 Å². The molecule has 0 unspecified atom stereocenters. The lowest BCUT2D eigenvalue weighted by atomic mass is 10.0. The molecule has 1 fully saturated rings. The van der Waals surface area contributed by atoms with Crippen LogP contribution in [-0.4, -0.2) is 36.9 Å². The topological polar surface area (TPSA) is 36.9 Å². The highest BCUT2D eigenvalue weighted by molar-refractivity contribution is 6.10. The van der Waals surface area contributed by atoms with Gasteiger partial charge in [-0.2, -0.15) is 0 Å². The first-order chi connectivity index (χ1) is 15.4. The molecule has 0 spiro atoms. The minimum Gasteiger partial charge on any atom is -0.457 e. The van der Waals surface area contributed by atoms with Gasteiger partial charge in [-0.05, 0) is 35.0 Å². The summed E-state index contributed by atoms with van der Waals surface area (Å²) in [4.78, 5) is 7.52. The first-order valence-corrected chi connectivity index (χ1v) is 10.7. The Balaban J connectivity index is 1.56. The summed E-state index contributed by atoms with van der Waals surface area (Å²) in [6.45, 7) is 3.78. The van der Waals surface area contributed by atoms with E-state index < -0.39 is 0 Å². The summed E-state index contributed by atoms with van der Waals surface area (Å²) in [5.41, 5.74) is 2.05. The van der Waals surface area contributed by atoms with E-state index in [1.807, 2.05) is 54.6 Å². The fourth-order valence-corrected chi connectivity index (χ4v) is 3.96. The summed E-state index contributed by atoms with van der Waals surface area (Å²) < 4.78 is 6.03. The van der Waals surface area contributed by atoms with Gasteiger partial charge in [0, 0.05) is 37.8 Å². The monoisotopic (exact) mass is 407 g/mol. The van der Waals surface area contributed by atoms with Gasteiger partial charge in [0.2, 0.25) is 0 Å². The van der Waals surface area contributed by atoms with Crippen LogP contribution in [0.2, 0.25) is 0 Å². The first kappa shape index (κ1) is 19.3. The smallest absolute Gasteiger partial charge is 0.137 e. The maximum absolute atomic E-state index is 6.03. The summed E-state index contributed by atoms with van der Waals surface area (Å²) in [5, 5.41) is 5.89. The van der Waals surface area contributed by atoms with E-state index in [1.165, 1.54) is 10.8 Å². The predicted molar refractivity (Wildman–Crippen MR) is 128 cm³/mol. The van der Waals surface area contributed by atoms with Crippen LogP contribution in [0, 0.1) is 0 Å². The van der Waals surface area contributed by atoms with E-state index in [1.54, 1.807) is 0 Å². The number of amidine groups is 1. The number of piperazine rings is 1. The van der Waals surface area contributed by atoms with Gasteiger partial charge in [0.05, 0.1) is 5.69 Å². The van der Waals surface area contributed by atoms with Crippen molar-refractivity contribution in [2.24, 2.45) is 4.99 Å². The molecule has 4 aromatic carbocycles. The van der Waals surface area contributed by atoms with Gasteiger partial charge in [0.1, 0.15) is 17.3 Å². The lowest BCUT2D eigenvalue weighted by molar-refractivity contribution is 0.358. The lowest BCUT2D eigenvalue weighted by Gasteiger charge is -2.31. The van der Waals surface area contributed by atoms with Crippen LogP contribution < -0.4 is 10.1 Å². The quantitative estimate of drug-likeness (QED) is 0.353. The normalized spacial score (nSPS) is 14.6. The van der Waals surface area contributed by atoms with Gasteiger partial charge in [0.15, 0.2) is 0 Å². The van der Waals surface area contributed by atoms with Crippen LogP contribution >= 0.6 is 0 Å². The van der Waals surface area contributed by atoms with Crippen molar-refractivity contribution in [1.82, 2.24) is 10.2 Å². The van der Waals surface area contributed by atoms with E-state index in [9.17, 15) is 0 Å². The fourth-order valence-electron chi connectivity index (χ4n) is 3.96. The van der Waals surface area contributed by atoms with Crippen molar-refractivity contribution in [3.63, 3.8) is 0 Å². The molecule has 0 atom stereocenters. The van der Waals surface area contributed by atoms with Crippen molar-refractivity contribution < 1.29 is 4.74 Å². The molecule has 31 heavy (non-hydrogen) atoms. The molecular formula is C27H25N3O. The van der Waals surface area contributed by atoms with E-state index in [-0.39, 0.29) is 0 Å². The number of ether oxygens (including phenoxy) is 1. The number of nitrogens with zero attached hydrogens (tertiary/aromatic N) is 2. The second-order valence-electron chi connectivity index (χ2n) is 7.61. The molecule has 0 aliphatic carbocycles. The van der Waals surface area contributed by atoms with Crippen molar-refractivity contribution in [2.45, 2.75) is 0 Å². The molecule has 0 aromatic heterocycles. The highest BCUT2D eigenvalue weighted by Crippen LogP contribution is 2.28. The standard InChI is InChI=1S/C27H25N3O/c1-2-11-23(12-3-1)31-24-13-7-10-22(20-24)29-27(30-18-16-28-17-19-30)26-15-6-9-21-8-4-5-14-25(21)26/h1-15,20,28H,16-19H2. The van der Waals surface area contributed by atoms with Gasteiger partial charge in [-0.1, -0.05) is 66.7 Å². The Morgan fingerprint density at radius 1 is 0.742 bits per heavy atom. The SMILES string of the molecule is c1ccc(Oc2cccc(N=C(c3cccc4ccccc34)N3CCNCC3)c2)cc1. The van der Waals surface area contributed by atoms with Crippen LogP contribution in [0.15, 0.2) is 102 Å². The van der Waals surface area contributed by atoms with Crippen LogP contribution in [0.25, 0.3) is 10.8 Å². The maximum atomic E-state index is 6.03. The Kier molecular flexibility index (Phi) is 5.63. The molecule has 1 saturated heterocycles. The summed E-state index contributed by atoms with van der Waals surface area (Å²) >= 11 is 0. The Morgan fingerprint density at radius 2 is 1.45 bits per heavy atom. The van der Waals surface area contributed by atoms with E-state index in [0.717, 1.165) is 54.8 Å². The molecule has 0 bridgehead atoms.